The number of benzene rings is 1. The van der Waals surface area contributed by atoms with Crippen molar-refractivity contribution in [1.29, 1.82) is 0 Å². The van der Waals surface area contributed by atoms with Crippen LogP contribution < -0.4 is 20.5 Å². The molecule has 1 aromatic heterocycles. The molecule has 6 nitrogen and oxygen atoms in total. The fourth-order valence-corrected chi connectivity index (χ4v) is 1.87. The van der Waals surface area contributed by atoms with E-state index in [1.165, 1.54) is 14.2 Å². The molecule has 2 rings (SSSR count). The lowest BCUT2D eigenvalue weighted by molar-refractivity contribution is 0.102. The summed E-state index contributed by atoms with van der Waals surface area (Å²) in [6.45, 7) is 1.86. The van der Waals surface area contributed by atoms with Crippen LogP contribution in [-0.4, -0.2) is 25.1 Å². The molecule has 0 aliphatic carbocycles. The molecule has 0 fully saturated rings. The second-order valence-corrected chi connectivity index (χ2v) is 4.41. The van der Waals surface area contributed by atoms with Crippen LogP contribution in [0.15, 0.2) is 30.5 Å². The maximum Gasteiger partial charge on any atom is 0.259 e. The zero-order valence-corrected chi connectivity index (χ0v) is 12.1. The number of aryl methyl sites for hydroxylation is 1. The minimum Gasteiger partial charge on any atom is -0.497 e. The zero-order chi connectivity index (χ0) is 15.4. The standard InChI is InChI=1S/C15H17N3O3/c1-9-5-4-6-17-14(9)18-15(19)11-7-10(20-2)8-12(21-3)13(11)16/h4-8H,16H2,1-3H3,(H,17,18,19). The predicted molar refractivity (Wildman–Crippen MR) is 80.9 cm³/mol. The van der Waals surface area contributed by atoms with E-state index in [0.29, 0.717) is 17.3 Å². The molecule has 0 saturated carbocycles. The molecule has 3 N–H and O–H groups in total. The van der Waals surface area contributed by atoms with Gasteiger partial charge in [-0.2, -0.15) is 0 Å². The van der Waals surface area contributed by atoms with Crippen LogP contribution in [0, 0.1) is 6.92 Å². The number of carbonyl (C=O) groups is 1. The van der Waals surface area contributed by atoms with Crippen molar-refractivity contribution in [3.05, 3.63) is 41.6 Å². The third-order valence-corrected chi connectivity index (χ3v) is 3.06. The van der Waals surface area contributed by atoms with Crippen molar-refractivity contribution in [2.24, 2.45) is 0 Å². The van der Waals surface area contributed by atoms with Crippen LogP contribution in [0.5, 0.6) is 11.5 Å². The van der Waals surface area contributed by atoms with Gasteiger partial charge in [-0.25, -0.2) is 4.98 Å². The molecule has 0 aliphatic rings. The van der Waals surface area contributed by atoms with Crippen LogP contribution >= 0.6 is 0 Å². The number of aromatic nitrogens is 1. The molecular formula is C15H17N3O3. The Morgan fingerprint density at radius 3 is 2.67 bits per heavy atom. The van der Waals surface area contributed by atoms with Crippen molar-refractivity contribution in [3.8, 4) is 11.5 Å². The van der Waals surface area contributed by atoms with Gasteiger partial charge in [-0.3, -0.25) is 4.79 Å². The molecule has 1 amide bonds. The number of nitrogen functional groups attached to an aromatic ring is 1. The molecule has 110 valence electrons. The van der Waals surface area contributed by atoms with Crippen molar-refractivity contribution < 1.29 is 14.3 Å². The number of hydrogen-bond donors (Lipinski definition) is 2. The SMILES string of the molecule is COc1cc(OC)c(N)c(C(=O)Nc2ncccc2C)c1. The number of hydrogen-bond acceptors (Lipinski definition) is 5. The number of methoxy groups -OCH3 is 2. The highest BCUT2D eigenvalue weighted by Gasteiger charge is 2.17. The first-order valence-corrected chi connectivity index (χ1v) is 6.31. The molecule has 2 aromatic rings. The molecule has 1 aromatic carbocycles. The van der Waals surface area contributed by atoms with Crippen LogP contribution in [0.25, 0.3) is 0 Å². The van der Waals surface area contributed by atoms with E-state index in [1.54, 1.807) is 24.4 Å². The third kappa shape index (κ3) is 3.05. The summed E-state index contributed by atoms with van der Waals surface area (Å²) in [4.78, 5) is 16.5. The fourth-order valence-electron chi connectivity index (χ4n) is 1.87. The second kappa shape index (κ2) is 6.13. The minimum absolute atomic E-state index is 0.254. The van der Waals surface area contributed by atoms with Crippen molar-refractivity contribution in [1.82, 2.24) is 4.98 Å². The maximum atomic E-state index is 12.4. The smallest absolute Gasteiger partial charge is 0.259 e. The minimum atomic E-state index is -0.369. The van der Waals surface area contributed by atoms with Gasteiger partial charge in [0.15, 0.2) is 0 Å². The van der Waals surface area contributed by atoms with Crippen LogP contribution in [0.3, 0.4) is 0 Å². The number of rotatable bonds is 4. The molecule has 6 heteroatoms. The van der Waals surface area contributed by atoms with Crippen molar-refractivity contribution >= 4 is 17.4 Å². The Balaban J connectivity index is 2.37. The number of nitrogens with one attached hydrogen (secondary N) is 1. The van der Waals surface area contributed by atoms with Gasteiger partial charge in [0.1, 0.15) is 17.3 Å². The molecule has 0 unspecified atom stereocenters. The molecule has 21 heavy (non-hydrogen) atoms. The van der Waals surface area contributed by atoms with Crippen LogP contribution in [0.2, 0.25) is 0 Å². The van der Waals surface area contributed by atoms with Crippen molar-refractivity contribution in [2.75, 3.05) is 25.3 Å². The molecular weight excluding hydrogens is 270 g/mol. The lowest BCUT2D eigenvalue weighted by atomic mass is 10.1. The number of carbonyl (C=O) groups excluding carboxylic acids is 1. The highest BCUT2D eigenvalue weighted by atomic mass is 16.5. The van der Waals surface area contributed by atoms with E-state index in [1.807, 2.05) is 13.0 Å². The van der Waals surface area contributed by atoms with E-state index in [9.17, 15) is 4.79 Å². The Morgan fingerprint density at radius 1 is 1.29 bits per heavy atom. The molecule has 0 bridgehead atoms. The third-order valence-electron chi connectivity index (χ3n) is 3.06. The topological polar surface area (TPSA) is 86.5 Å². The summed E-state index contributed by atoms with van der Waals surface area (Å²) in [6.07, 6.45) is 1.61. The maximum absolute atomic E-state index is 12.4. The lowest BCUT2D eigenvalue weighted by Gasteiger charge is -2.13. The van der Waals surface area contributed by atoms with E-state index in [2.05, 4.69) is 10.3 Å². The van der Waals surface area contributed by atoms with Crippen LogP contribution in [0.1, 0.15) is 15.9 Å². The average Bonchev–Trinajstić information content (AvgIpc) is 2.49. The molecule has 0 saturated heterocycles. The Kier molecular flexibility index (Phi) is 4.27. The van der Waals surface area contributed by atoms with Gasteiger partial charge in [0.05, 0.1) is 25.5 Å². The molecule has 0 atom stereocenters. The number of anilines is 2. The van der Waals surface area contributed by atoms with Gasteiger partial charge in [-0.15, -0.1) is 0 Å². The summed E-state index contributed by atoms with van der Waals surface area (Å²) < 4.78 is 10.3. The van der Waals surface area contributed by atoms with E-state index in [-0.39, 0.29) is 17.2 Å². The van der Waals surface area contributed by atoms with Gasteiger partial charge < -0.3 is 20.5 Å². The molecule has 1 heterocycles. The van der Waals surface area contributed by atoms with Gasteiger partial charge in [-0.05, 0) is 24.6 Å². The van der Waals surface area contributed by atoms with E-state index in [0.717, 1.165) is 5.56 Å². The van der Waals surface area contributed by atoms with Gasteiger partial charge in [0.2, 0.25) is 0 Å². The van der Waals surface area contributed by atoms with Gasteiger partial charge in [-0.1, -0.05) is 6.07 Å². The Bertz CT molecular complexity index is 671. The first kappa shape index (κ1) is 14.6. The van der Waals surface area contributed by atoms with E-state index >= 15 is 0 Å². The highest BCUT2D eigenvalue weighted by Crippen LogP contribution is 2.31. The summed E-state index contributed by atoms with van der Waals surface area (Å²) in [5, 5.41) is 2.73. The quantitative estimate of drug-likeness (QED) is 0.842. The summed E-state index contributed by atoms with van der Waals surface area (Å²) in [5.41, 5.74) is 7.34. The number of amides is 1. The average molecular weight is 287 g/mol. The lowest BCUT2D eigenvalue weighted by Crippen LogP contribution is -2.16. The Labute approximate surface area is 122 Å². The molecule has 0 aliphatic heterocycles. The number of nitrogens with two attached hydrogens (primary N) is 1. The zero-order valence-electron chi connectivity index (χ0n) is 12.1. The first-order chi connectivity index (χ1) is 10.1. The number of ether oxygens (including phenoxy) is 2. The van der Waals surface area contributed by atoms with Gasteiger partial charge >= 0.3 is 0 Å². The molecule has 0 radical (unpaired) electrons. The van der Waals surface area contributed by atoms with E-state index in [4.69, 9.17) is 15.2 Å². The van der Waals surface area contributed by atoms with Crippen molar-refractivity contribution in [3.63, 3.8) is 0 Å². The molecule has 0 spiro atoms. The number of pyridine rings is 1. The van der Waals surface area contributed by atoms with Gasteiger partial charge in [0, 0.05) is 12.3 Å². The van der Waals surface area contributed by atoms with Crippen molar-refractivity contribution in [2.45, 2.75) is 6.92 Å². The predicted octanol–water partition coefficient (Wildman–Crippen LogP) is 2.24. The van der Waals surface area contributed by atoms with Crippen LogP contribution in [0.4, 0.5) is 11.5 Å². The monoisotopic (exact) mass is 287 g/mol. The summed E-state index contributed by atoms with van der Waals surface area (Å²) in [5.74, 6) is 0.997. The summed E-state index contributed by atoms with van der Waals surface area (Å²) >= 11 is 0. The highest BCUT2D eigenvalue weighted by molar-refractivity contribution is 6.08. The number of nitrogens with zero attached hydrogens (tertiary/aromatic N) is 1. The van der Waals surface area contributed by atoms with Gasteiger partial charge in [0.25, 0.3) is 5.91 Å². The first-order valence-electron chi connectivity index (χ1n) is 6.31. The second-order valence-electron chi connectivity index (χ2n) is 4.41. The largest absolute Gasteiger partial charge is 0.497 e. The van der Waals surface area contributed by atoms with Crippen LogP contribution in [-0.2, 0) is 0 Å². The normalized spacial score (nSPS) is 10.0. The Morgan fingerprint density at radius 2 is 2.05 bits per heavy atom. The summed E-state index contributed by atoms with van der Waals surface area (Å²) in [6, 6.07) is 6.84. The fraction of sp³-hybridized carbons (Fsp3) is 0.200. The van der Waals surface area contributed by atoms with E-state index < -0.39 is 0 Å². The summed E-state index contributed by atoms with van der Waals surface area (Å²) in [7, 11) is 2.99. The Hall–Kier alpha value is -2.76.